The molecule has 1 amide bonds. The largest absolute Gasteiger partial charge is 0.289 e. The van der Waals surface area contributed by atoms with Crippen LogP contribution in [0.1, 0.15) is 37.2 Å². The number of carbonyl (C=O) groups is 1. The lowest BCUT2D eigenvalue weighted by molar-refractivity contribution is 0.0949. The Morgan fingerprint density at radius 2 is 2.33 bits per heavy atom. The standard InChI is InChI=1S/C11H15N3O/c1-3-6-9(2)13-14-11(15)10-7-4-5-8-12-10/h4-5,7-8H,3,6H2,1-2H3,(H,14,15). The first-order valence-corrected chi connectivity index (χ1v) is 4.98. The normalized spacial score (nSPS) is 11.2. The maximum Gasteiger partial charge on any atom is 0.289 e. The molecule has 1 rings (SSSR count). The molecule has 0 spiro atoms. The van der Waals surface area contributed by atoms with Gasteiger partial charge in [0.2, 0.25) is 0 Å². The zero-order valence-electron chi connectivity index (χ0n) is 9.03. The fraction of sp³-hybridized carbons (Fsp3) is 0.364. The molecule has 1 N–H and O–H groups in total. The van der Waals surface area contributed by atoms with Gasteiger partial charge < -0.3 is 0 Å². The van der Waals surface area contributed by atoms with E-state index >= 15 is 0 Å². The second kappa shape index (κ2) is 5.90. The summed E-state index contributed by atoms with van der Waals surface area (Å²) in [6, 6.07) is 5.19. The van der Waals surface area contributed by atoms with Crippen LogP contribution in [0.25, 0.3) is 0 Å². The third kappa shape index (κ3) is 3.89. The number of hydrogen-bond donors (Lipinski definition) is 1. The van der Waals surface area contributed by atoms with Crippen LogP contribution >= 0.6 is 0 Å². The highest BCUT2D eigenvalue weighted by Crippen LogP contribution is 1.94. The SMILES string of the molecule is CCCC(C)=NNC(=O)c1ccccn1. The van der Waals surface area contributed by atoms with Gasteiger partial charge in [0.05, 0.1) is 0 Å². The van der Waals surface area contributed by atoms with E-state index in [0.29, 0.717) is 5.69 Å². The molecule has 4 nitrogen and oxygen atoms in total. The second-order valence-corrected chi connectivity index (χ2v) is 3.25. The second-order valence-electron chi connectivity index (χ2n) is 3.25. The van der Waals surface area contributed by atoms with E-state index in [0.717, 1.165) is 18.6 Å². The highest BCUT2D eigenvalue weighted by molar-refractivity contribution is 5.93. The van der Waals surface area contributed by atoms with Crippen LogP contribution in [-0.4, -0.2) is 16.6 Å². The van der Waals surface area contributed by atoms with E-state index in [-0.39, 0.29) is 5.91 Å². The molecule has 0 radical (unpaired) electrons. The first kappa shape index (κ1) is 11.4. The summed E-state index contributed by atoms with van der Waals surface area (Å²) in [5.74, 6) is -0.272. The van der Waals surface area contributed by atoms with Gasteiger partial charge in [-0.3, -0.25) is 9.78 Å². The highest BCUT2D eigenvalue weighted by atomic mass is 16.2. The Hall–Kier alpha value is -1.71. The van der Waals surface area contributed by atoms with Crippen molar-refractivity contribution in [2.24, 2.45) is 5.10 Å². The average Bonchev–Trinajstić information content (AvgIpc) is 2.27. The van der Waals surface area contributed by atoms with Crippen molar-refractivity contribution < 1.29 is 4.79 Å². The Bertz CT molecular complexity index is 346. The summed E-state index contributed by atoms with van der Waals surface area (Å²) >= 11 is 0. The van der Waals surface area contributed by atoms with E-state index in [1.165, 1.54) is 0 Å². The summed E-state index contributed by atoms with van der Waals surface area (Å²) in [5.41, 5.74) is 3.77. The summed E-state index contributed by atoms with van der Waals surface area (Å²) in [7, 11) is 0. The third-order valence-electron chi connectivity index (χ3n) is 1.86. The number of carbonyl (C=O) groups excluding carboxylic acids is 1. The summed E-state index contributed by atoms with van der Waals surface area (Å²) in [4.78, 5) is 15.4. The molecule has 0 atom stereocenters. The minimum absolute atomic E-state index is 0.272. The first-order chi connectivity index (χ1) is 7.24. The third-order valence-corrected chi connectivity index (χ3v) is 1.86. The molecular weight excluding hydrogens is 190 g/mol. The van der Waals surface area contributed by atoms with Crippen LogP contribution < -0.4 is 5.43 Å². The molecule has 0 saturated carbocycles. The minimum Gasteiger partial charge on any atom is -0.266 e. The Labute approximate surface area is 89.4 Å². The van der Waals surface area contributed by atoms with Crippen LogP contribution in [0.5, 0.6) is 0 Å². The molecule has 0 aliphatic rings. The Morgan fingerprint density at radius 1 is 1.53 bits per heavy atom. The minimum atomic E-state index is -0.272. The van der Waals surface area contributed by atoms with Gasteiger partial charge in [0.15, 0.2) is 0 Å². The van der Waals surface area contributed by atoms with Gasteiger partial charge in [-0.1, -0.05) is 19.4 Å². The van der Waals surface area contributed by atoms with Gasteiger partial charge in [-0.15, -0.1) is 0 Å². The van der Waals surface area contributed by atoms with Crippen molar-refractivity contribution in [3.05, 3.63) is 30.1 Å². The molecule has 0 fully saturated rings. The van der Waals surface area contributed by atoms with Gasteiger partial charge in [0, 0.05) is 11.9 Å². The van der Waals surface area contributed by atoms with E-state index in [1.807, 2.05) is 6.92 Å². The van der Waals surface area contributed by atoms with E-state index in [4.69, 9.17) is 0 Å². The van der Waals surface area contributed by atoms with Crippen LogP contribution in [-0.2, 0) is 0 Å². The number of aromatic nitrogens is 1. The van der Waals surface area contributed by atoms with E-state index < -0.39 is 0 Å². The lowest BCUT2D eigenvalue weighted by Gasteiger charge is -2.00. The molecule has 0 aliphatic heterocycles. The molecule has 0 bridgehead atoms. The van der Waals surface area contributed by atoms with Gasteiger partial charge in [-0.25, -0.2) is 5.43 Å². The number of amides is 1. The van der Waals surface area contributed by atoms with Crippen molar-refractivity contribution >= 4 is 11.6 Å². The maximum absolute atomic E-state index is 11.5. The highest BCUT2D eigenvalue weighted by Gasteiger charge is 2.03. The smallest absolute Gasteiger partial charge is 0.266 e. The van der Waals surface area contributed by atoms with Crippen molar-refractivity contribution in [2.45, 2.75) is 26.7 Å². The van der Waals surface area contributed by atoms with Crippen LogP contribution in [0.15, 0.2) is 29.5 Å². The van der Waals surface area contributed by atoms with Crippen LogP contribution in [0.4, 0.5) is 0 Å². The molecule has 0 aromatic carbocycles. The van der Waals surface area contributed by atoms with Crippen LogP contribution in [0, 0.1) is 0 Å². The number of hydrogen-bond acceptors (Lipinski definition) is 3. The summed E-state index contributed by atoms with van der Waals surface area (Å²) in [6.45, 7) is 3.96. The molecule has 0 aliphatic carbocycles. The quantitative estimate of drug-likeness (QED) is 0.603. The number of pyridine rings is 1. The number of nitrogens with zero attached hydrogens (tertiary/aromatic N) is 2. The lowest BCUT2D eigenvalue weighted by atomic mass is 10.2. The van der Waals surface area contributed by atoms with Crippen molar-refractivity contribution in [1.29, 1.82) is 0 Å². The Balaban J connectivity index is 2.54. The number of hydrazone groups is 1. The van der Waals surface area contributed by atoms with Crippen molar-refractivity contribution in [2.75, 3.05) is 0 Å². The maximum atomic E-state index is 11.5. The Kier molecular flexibility index (Phi) is 4.47. The molecule has 4 heteroatoms. The zero-order chi connectivity index (χ0) is 11.1. The zero-order valence-corrected chi connectivity index (χ0v) is 9.03. The predicted octanol–water partition coefficient (Wildman–Crippen LogP) is 1.99. The van der Waals surface area contributed by atoms with Gasteiger partial charge in [-0.2, -0.15) is 5.10 Å². The summed E-state index contributed by atoms with van der Waals surface area (Å²) < 4.78 is 0. The number of nitrogens with one attached hydrogen (secondary N) is 1. The summed E-state index contributed by atoms with van der Waals surface area (Å²) in [5, 5.41) is 3.97. The molecule has 1 aromatic heterocycles. The summed E-state index contributed by atoms with van der Waals surface area (Å²) in [6.07, 6.45) is 3.49. The lowest BCUT2D eigenvalue weighted by Crippen LogP contribution is -2.20. The van der Waals surface area contributed by atoms with E-state index in [1.54, 1.807) is 24.4 Å². The van der Waals surface area contributed by atoms with Crippen molar-refractivity contribution in [3.63, 3.8) is 0 Å². The molecule has 0 saturated heterocycles. The topological polar surface area (TPSA) is 54.4 Å². The molecule has 80 valence electrons. The molecular formula is C11H15N3O. The van der Waals surface area contributed by atoms with Gasteiger partial charge in [0.25, 0.3) is 5.91 Å². The van der Waals surface area contributed by atoms with Gasteiger partial charge >= 0.3 is 0 Å². The van der Waals surface area contributed by atoms with E-state index in [9.17, 15) is 4.79 Å². The fourth-order valence-electron chi connectivity index (χ4n) is 1.12. The van der Waals surface area contributed by atoms with Gasteiger partial charge in [0.1, 0.15) is 5.69 Å². The number of rotatable bonds is 4. The first-order valence-electron chi connectivity index (χ1n) is 4.98. The van der Waals surface area contributed by atoms with Gasteiger partial charge in [-0.05, 0) is 25.5 Å². The molecule has 1 heterocycles. The van der Waals surface area contributed by atoms with Crippen molar-refractivity contribution in [3.8, 4) is 0 Å². The monoisotopic (exact) mass is 205 g/mol. The molecule has 15 heavy (non-hydrogen) atoms. The van der Waals surface area contributed by atoms with Crippen molar-refractivity contribution in [1.82, 2.24) is 10.4 Å². The Morgan fingerprint density at radius 3 is 2.93 bits per heavy atom. The van der Waals surface area contributed by atoms with E-state index in [2.05, 4.69) is 22.4 Å². The molecule has 0 unspecified atom stereocenters. The van der Waals surface area contributed by atoms with Crippen LogP contribution in [0.2, 0.25) is 0 Å². The average molecular weight is 205 g/mol. The fourth-order valence-corrected chi connectivity index (χ4v) is 1.12. The predicted molar refractivity (Wildman–Crippen MR) is 59.7 cm³/mol. The molecule has 1 aromatic rings. The van der Waals surface area contributed by atoms with Crippen LogP contribution in [0.3, 0.4) is 0 Å².